The third-order valence-electron chi connectivity index (χ3n) is 3.56. The molecule has 0 fully saturated rings. The average molecular weight is 357 g/mol. The Bertz CT molecular complexity index is 657. The normalized spacial score (nSPS) is 11.7. The Morgan fingerprint density at radius 1 is 1.43 bits per heavy atom. The molecule has 1 atom stereocenters. The van der Waals surface area contributed by atoms with Gasteiger partial charge in [-0.25, -0.2) is 4.68 Å². The van der Waals surface area contributed by atoms with Gasteiger partial charge in [0.25, 0.3) is 5.91 Å². The van der Waals surface area contributed by atoms with Gasteiger partial charge in [-0.3, -0.25) is 4.79 Å². The highest BCUT2D eigenvalue weighted by Crippen LogP contribution is 2.19. The maximum Gasteiger partial charge on any atom is 0.254 e. The zero-order chi connectivity index (χ0) is 16.1. The lowest BCUT2D eigenvalue weighted by atomic mass is 10.2. The molecule has 23 heavy (non-hydrogen) atoms. The van der Waals surface area contributed by atoms with E-state index in [1.807, 2.05) is 45.2 Å². The molecule has 0 aliphatic carbocycles. The summed E-state index contributed by atoms with van der Waals surface area (Å²) in [6.45, 7) is 4.59. The number of hydrogen-bond donors (Lipinski definition) is 2. The van der Waals surface area contributed by atoms with E-state index in [0.29, 0.717) is 23.6 Å². The Balaban J connectivity index is 0.00000264. The molecular weight excluding hydrogens is 335 g/mol. The Morgan fingerprint density at radius 3 is 2.78 bits per heavy atom. The molecular formula is C16H22Cl2N4O. The minimum absolute atomic E-state index is 0. The van der Waals surface area contributed by atoms with Gasteiger partial charge < -0.3 is 10.6 Å². The van der Waals surface area contributed by atoms with Gasteiger partial charge >= 0.3 is 0 Å². The molecule has 1 aromatic carbocycles. The zero-order valence-corrected chi connectivity index (χ0v) is 15.0. The highest BCUT2D eigenvalue weighted by Gasteiger charge is 2.17. The number of likely N-dealkylation sites (N-methyl/N-ethyl adjacent to an activating group) is 1. The smallest absolute Gasteiger partial charge is 0.254 e. The second kappa shape index (κ2) is 8.91. The van der Waals surface area contributed by atoms with Crippen molar-refractivity contribution in [3.05, 3.63) is 46.7 Å². The summed E-state index contributed by atoms with van der Waals surface area (Å²) < 4.78 is 1.77. The van der Waals surface area contributed by atoms with Crippen LogP contribution >= 0.6 is 24.0 Å². The van der Waals surface area contributed by atoms with Crippen LogP contribution in [0.25, 0.3) is 5.69 Å². The molecule has 126 valence electrons. The first-order chi connectivity index (χ1) is 10.6. The maximum absolute atomic E-state index is 12.3. The number of rotatable bonds is 6. The number of carbonyl (C=O) groups is 1. The molecule has 1 amide bonds. The molecule has 1 unspecified atom stereocenters. The number of carbonyl (C=O) groups excluding carboxylic acids is 1. The van der Waals surface area contributed by atoms with Gasteiger partial charge in [0.05, 0.1) is 23.1 Å². The lowest BCUT2D eigenvalue weighted by Crippen LogP contribution is -2.37. The van der Waals surface area contributed by atoms with E-state index < -0.39 is 0 Å². The van der Waals surface area contributed by atoms with Crippen molar-refractivity contribution in [1.29, 1.82) is 0 Å². The van der Waals surface area contributed by atoms with Crippen molar-refractivity contribution in [2.24, 2.45) is 0 Å². The number of nitrogens with zero attached hydrogens (tertiary/aromatic N) is 2. The summed E-state index contributed by atoms with van der Waals surface area (Å²) in [5.74, 6) is -0.104. The Hall–Kier alpha value is -1.56. The van der Waals surface area contributed by atoms with Gasteiger partial charge in [-0.05, 0) is 38.6 Å². The first-order valence-electron chi connectivity index (χ1n) is 7.35. The van der Waals surface area contributed by atoms with Crippen LogP contribution in [0.15, 0.2) is 30.5 Å². The van der Waals surface area contributed by atoms with E-state index in [4.69, 9.17) is 11.6 Å². The molecule has 0 saturated carbocycles. The van der Waals surface area contributed by atoms with Crippen LogP contribution < -0.4 is 10.6 Å². The predicted octanol–water partition coefficient (Wildman–Crippen LogP) is 2.85. The molecule has 0 saturated heterocycles. The number of benzene rings is 1. The summed E-state index contributed by atoms with van der Waals surface area (Å²) in [5, 5.41) is 11.0. The number of amides is 1. The van der Waals surface area contributed by atoms with Crippen molar-refractivity contribution in [2.45, 2.75) is 26.3 Å². The molecule has 0 aliphatic heterocycles. The van der Waals surface area contributed by atoms with Gasteiger partial charge in [-0.2, -0.15) is 5.10 Å². The molecule has 1 heterocycles. The fourth-order valence-corrected chi connectivity index (χ4v) is 2.36. The van der Waals surface area contributed by atoms with E-state index in [-0.39, 0.29) is 24.4 Å². The van der Waals surface area contributed by atoms with Crippen LogP contribution in [0.3, 0.4) is 0 Å². The molecule has 2 aromatic rings. The van der Waals surface area contributed by atoms with Crippen LogP contribution in [0.1, 0.15) is 29.9 Å². The van der Waals surface area contributed by atoms with Crippen molar-refractivity contribution in [2.75, 3.05) is 13.6 Å². The van der Waals surface area contributed by atoms with Gasteiger partial charge in [-0.15, -0.1) is 12.4 Å². The Kier molecular flexibility index (Phi) is 7.55. The third kappa shape index (κ3) is 4.70. The summed E-state index contributed by atoms with van der Waals surface area (Å²) in [6.07, 6.45) is 2.32. The standard InChI is InChI=1S/C16H21ClN4O.ClH/c1-4-15-14(16(22)19-9-11(2)18-3)10-20-21(15)13-7-5-6-12(17)8-13;/h5-8,10-11,18H,4,9H2,1-3H3,(H,19,22);1H. The number of hydrogen-bond acceptors (Lipinski definition) is 3. The molecule has 5 nitrogen and oxygen atoms in total. The summed E-state index contributed by atoms with van der Waals surface area (Å²) in [5.41, 5.74) is 2.33. The van der Waals surface area contributed by atoms with Crippen LogP contribution in [-0.2, 0) is 6.42 Å². The third-order valence-corrected chi connectivity index (χ3v) is 3.80. The molecule has 0 bridgehead atoms. The SMILES string of the molecule is CCc1c(C(=O)NCC(C)NC)cnn1-c1cccc(Cl)c1.Cl. The van der Waals surface area contributed by atoms with Gasteiger partial charge in [0.2, 0.25) is 0 Å². The molecule has 7 heteroatoms. The van der Waals surface area contributed by atoms with Gasteiger partial charge in [0.1, 0.15) is 0 Å². The monoisotopic (exact) mass is 356 g/mol. The van der Waals surface area contributed by atoms with E-state index in [0.717, 1.165) is 11.4 Å². The van der Waals surface area contributed by atoms with E-state index in [1.165, 1.54) is 0 Å². The predicted molar refractivity (Wildman–Crippen MR) is 96.1 cm³/mol. The average Bonchev–Trinajstić information content (AvgIpc) is 2.96. The van der Waals surface area contributed by atoms with Crippen molar-refractivity contribution in [1.82, 2.24) is 20.4 Å². The second-order valence-electron chi connectivity index (χ2n) is 5.15. The number of nitrogens with one attached hydrogen (secondary N) is 2. The zero-order valence-electron chi connectivity index (χ0n) is 13.5. The second-order valence-corrected chi connectivity index (χ2v) is 5.59. The maximum atomic E-state index is 12.3. The quantitative estimate of drug-likeness (QED) is 0.836. The topological polar surface area (TPSA) is 59.0 Å². The molecule has 0 spiro atoms. The summed E-state index contributed by atoms with van der Waals surface area (Å²) in [6, 6.07) is 7.65. The van der Waals surface area contributed by atoms with Gasteiger partial charge in [0, 0.05) is 17.6 Å². The van der Waals surface area contributed by atoms with E-state index in [2.05, 4.69) is 15.7 Å². The fraction of sp³-hybridized carbons (Fsp3) is 0.375. The van der Waals surface area contributed by atoms with Crippen LogP contribution in [0.4, 0.5) is 0 Å². The van der Waals surface area contributed by atoms with Crippen LogP contribution in [0, 0.1) is 0 Å². The van der Waals surface area contributed by atoms with Crippen molar-refractivity contribution >= 4 is 29.9 Å². The summed E-state index contributed by atoms with van der Waals surface area (Å²) in [7, 11) is 1.87. The first-order valence-corrected chi connectivity index (χ1v) is 7.73. The van der Waals surface area contributed by atoms with E-state index in [1.54, 1.807) is 10.9 Å². The van der Waals surface area contributed by atoms with Crippen molar-refractivity contribution in [3.8, 4) is 5.69 Å². The molecule has 2 rings (SSSR count). The van der Waals surface area contributed by atoms with Gasteiger partial charge in [0.15, 0.2) is 0 Å². The summed E-state index contributed by atoms with van der Waals surface area (Å²) in [4.78, 5) is 12.3. The number of aromatic nitrogens is 2. The molecule has 2 N–H and O–H groups in total. The van der Waals surface area contributed by atoms with Crippen LogP contribution in [0.2, 0.25) is 5.02 Å². The highest BCUT2D eigenvalue weighted by molar-refractivity contribution is 6.30. The summed E-state index contributed by atoms with van der Waals surface area (Å²) >= 11 is 6.03. The lowest BCUT2D eigenvalue weighted by molar-refractivity contribution is 0.0949. The Labute approximate surface area is 147 Å². The minimum Gasteiger partial charge on any atom is -0.350 e. The van der Waals surface area contributed by atoms with Crippen LogP contribution in [0.5, 0.6) is 0 Å². The van der Waals surface area contributed by atoms with Crippen molar-refractivity contribution in [3.63, 3.8) is 0 Å². The lowest BCUT2D eigenvalue weighted by Gasteiger charge is -2.12. The van der Waals surface area contributed by atoms with E-state index in [9.17, 15) is 4.79 Å². The minimum atomic E-state index is -0.104. The molecule has 0 radical (unpaired) electrons. The highest BCUT2D eigenvalue weighted by atomic mass is 35.5. The first kappa shape index (κ1) is 19.5. The molecule has 1 aromatic heterocycles. The largest absolute Gasteiger partial charge is 0.350 e. The molecule has 0 aliphatic rings. The van der Waals surface area contributed by atoms with Crippen molar-refractivity contribution < 1.29 is 4.79 Å². The van der Waals surface area contributed by atoms with Gasteiger partial charge in [-0.1, -0.05) is 24.6 Å². The fourth-order valence-electron chi connectivity index (χ4n) is 2.18. The van der Waals surface area contributed by atoms with E-state index >= 15 is 0 Å². The Morgan fingerprint density at radius 2 is 2.17 bits per heavy atom. The number of halogens is 2. The van der Waals surface area contributed by atoms with Crippen LogP contribution in [-0.4, -0.2) is 35.3 Å².